The van der Waals surface area contributed by atoms with Crippen LogP contribution in [-0.2, 0) is 4.79 Å². The first-order chi connectivity index (χ1) is 10.1. The minimum atomic E-state index is 0.0816. The Balaban J connectivity index is 2.29. The Morgan fingerprint density at radius 3 is 2.62 bits per heavy atom. The molecule has 0 saturated carbocycles. The number of nitrogen functional groups attached to an aromatic ring is 1. The molecule has 6 nitrogen and oxygen atoms in total. The van der Waals surface area contributed by atoms with Gasteiger partial charge in [0, 0.05) is 31.2 Å². The molecule has 0 bridgehead atoms. The molecule has 0 aliphatic rings. The lowest BCUT2D eigenvalue weighted by atomic mass is 10.2. The molecule has 0 aliphatic heterocycles. The van der Waals surface area contributed by atoms with Crippen LogP contribution in [0.4, 0.5) is 11.5 Å². The van der Waals surface area contributed by atoms with Crippen molar-refractivity contribution in [3.63, 3.8) is 0 Å². The number of carbonyl (C=O) groups is 1. The van der Waals surface area contributed by atoms with E-state index >= 15 is 0 Å². The second kappa shape index (κ2) is 6.39. The van der Waals surface area contributed by atoms with Gasteiger partial charge in [0.25, 0.3) is 0 Å². The maximum absolute atomic E-state index is 12.2. The molecule has 1 aromatic carbocycles. The minimum Gasteiger partial charge on any atom is -0.399 e. The molecule has 0 spiro atoms. The lowest BCUT2D eigenvalue weighted by Gasteiger charge is -2.24. The minimum absolute atomic E-state index is 0.0816. The van der Waals surface area contributed by atoms with Gasteiger partial charge in [-0.15, -0.1) is 0 Å². The molecule has 2 aromatic rings. The summed E-state index contributed by atoms with van der Waals surface area (Å²) in [5.41, 5.74) is 7.31. The quantitative estimate of drug-likeness (QED) is 0.844. The molecule has 0 saturated heterocycles. The van der Waals surface area contributed by atoms with Crippen LogP contribution in [0.3, 0.4) is 0 Å². The Hall–Kier alpha value is -2.37. The third-order valence-electron chi connectivity index (χ3n) is 3.49. The molecule has 2 rings (SSSR count). The fourth-order valence-corrected chi connectivity index (χ4v) is 2.32. The third-order valence-corrected chi connectivity index (χ3v) is 3.49. The summed E-state index contributed by atoms with van der Waals surface area (Å²) in [5, 5.41) is 0.854. The zero-order valence-electron chi connectivity index (χ0n) is 12.7. The van der Waals surface area contributed by atoms with E-state index in [1.807, 2.05) is 37.9 Å². The van der Waals surface area contributed by atoms with Crippen LogP contribution in [-0.4, -0.2) is 47.5 Å². The number of carbonyl (C=O) groups excluding carboxylic acids is 1. The Bertz CT molecular complexity index is 639. The van der Waals surface area contributed by atoms with Gasteiger partial charge in [0.2, 0.25) is 5.91 Å². The van der Waals surface area contributed by atoms with Gasteiger partial charge in [0.1, 0.15) is 12.1 Å². The van der Waals surface area contributed by atoms with Crippen LogP contribution in [0.2, 0.25) is 0 Å². The average molecular weight is 287 g/mol. The SMILES string of the molecule is CCN(CC)C(=O)CN(C)c1ncnc2ccc(N)cc12. The van der Waals surface area contributed by atoms with E-state index in [1.54, 1.807) is 11.0 Å². The highest BCUT2D eigenvalue weighted by Crippen LogP contribution is 2.23. The van der Waals surface area contributed by atoms with Crippen LogP contribution in [0.1, 0.15) is 13.8 Å². The standard InChI is InChI=1S/C15H21N5O/c1-4-20(5-2)14(21)9-19(3)15-12-8-11(16)6-7-13(12)17-10-18-15/h6-8,10H,4-5,9,16H2,1-3H3. The van der Waals surface area contributed by atoms with E-state index in [-0.39, 0.29) is 12.5 Å². The van der Waals surface area contributed by atoms with E-state index in [4.69, 9.17) is 5.73 Å². The maximum atomic E-state index is 12.2. The summed E-state index contributed by atoms with van der Waals surface area (Å²) < 4.78 is 0. The van der Waals surface area contributed by atoms with E-state index in [0.717, 1.165) is 10.9 Å². The fraction of sp³-hybridized carbons (Fsp3) is 0.400. The second-order valence-corrected chi connectivity index (χ2v) is 4.90. The Kier molecular flexibility index (Phi) is 4.57. The van der Waals surface area contributed by atoms with Crippen LogP contribution in [0, 0.1) is 0 Å². The molecule has 1 heterocycles. The van der Waals surface area contributed by atoms with Gasteiger partial charge in [0.15, 0.2) is 0 Å². The first kappa shape index (κ1) is 15.0. The van der Waals surface area contributed by atoms with Gasteiger partial charge in [-0.05, 0) is 32.0 Å². The van der Waals surface area contributed by atoms with E-state index in [0.29, 0.717) is 24.6 Å². The van der Waals surface area contributed by atoms with Gasteiger partial charge in [-0.3, -0.25) is 4.79 Å². The van der Waals surface area contributed by atoms with Gasteiger partial charge in [-0.1, -0.05) is 0 Å². The van der Waals surface area contributed by atoms with Crippen molar-refractivity contribution in [2.24, 2.45) is 0 Å². The van der Waals surface area contributed by atoms with Crippen molar-refractivity contribution in [1.29, 1.82) is 0 Å². The van der Waals surface area contributed by atoms with Crippen LogP contribution < -0.4 is 10.6 Å². The van der Waals surface area contributed by atoms with E-state index in [2.05, 4.69) is 9.97 Å². The zero-order chi connectivity index (χ0) is 15.4. The average Bonchev–Trinajstić information content (AvgIpc) is 2.47. The molecule has 0 radical (unpaired) electrons. The summed E-state index contributed by atoms with van der Waals surface area (Å²) in [5.74, 6) is 0.797. The number of amides is 1. The number of aromatic nitrogens is 2. The molecule has 0 aliphatic carbocycles. The van der Waals surface area contributed by atoms with Gasteiger partial charge in [-0.2, -0.15) is 0 Å². The van der Waals surface area contributed by atoms with Crippen LogP contribution >= 0.6 is 0 Å². The number of hydrogen-bond donors (Lipinski definition) is 1. The molecule has 0 fully saturated rings. The topological polar surface area (TPSA) is 75.4 Å². The van der Waals surface area contributed by atoms with Gasteiger partial charge >= 0.3 is 0 Å². The monoisotopic (exact) mass is 287 g/mol. The van der Waals surface area contributed by atoms with Crippen molar-refractivity contribution >= 4 is 28.3 Å². The van der Waals surface area contributed by atoms with Crippen LogP contribution in [0.15, 0.2) is 24.5 Å². The summed E-state index contributed by atoms with van der Waals surface area (Å²) in [6.07, 6.45) is 1.51. The highest BCUT2D eigenvalue weighted by atomic mass is 16.2. The van der Waals surface area contributed by atoms with Crippen molar-refractivity contribution in [3.8, 4) is 0 Å². The predicted octanol–water partition coefficient (Wildman–Crippen LogP) is 1.52. The molecule has 21 heavy (non-hydrogen) atoms. The number of anilines is 2. The zero-order valence-corrected chi connectivity index (χ0v) is 12.7. The summed E-state index contributed by atoms with van der Waals surface area (Å²) in [7, 11) is 1.85. The summed E-state index contributed by atoms with van der Waals surface area (Å²) in [6, 6.07) is 5.50. The molecular formula is C15H21N5O. The van der Waals surface area contributed by atoms with Gasteiger partial charge in [0.05, 0.1) is 12.1 Å². The number of fused-ring (bicyclic) bond motifs is 1. The van der Waals surface area contributed by atoms with Crippen LogP contribution in [0.25, 0.3) is 10.9 Å². The van der Waals surface area contributed by atoms with Crippen molar-refractivity contribution < 1.29 is 4.79 Å². The lowest BCUT2D eigenvalue weighted by Crippen LogP contribution is -2.39. The second-order valence-electron chi connectivity index (χ2n) is 4.90. The molecular weight excluding hydrogens is 266 g/mol. The normalized spacial score (nSPS) is 10.6. The fourth-order valence-electron chi connectivity index (χ4n) is 2.32. The molecule has 0 unspecified atom stereocenters. The number of hydrogen-bond acceptors (Lipinski definition) is 5. The van der Waals surface area contributed by atoms with Crippen LogP contribution in [0.5, 0.6) is 0 Å². The lowest BCUT2D eigenvalue weighted by molar-refractivity contribution is -0.129. The summed E-state index contributed by atoms with van der Waals surface area (Å²) in [6.45, 7) is 5.65. The predicted molar refractivity (Wildman–Crippen MR) is 85.1 cm³/mol. The number of nitrogens with zero attached hydrogens (tertiary/aromatic N) is 4. The van der Waals surface area contributed by atoms with Crippen molar-refractivity contribution in [3.05, 3.63) is 24.5 Å². The first-order valence-electron chi connectivity index (χ1n) is 7.06. The summed E-state index contributed by atoms with van der Waals surface area (Å²) >= 11 is 0. The Morgan fingerprint density at radius 2 is 1.95 bits per heavy atom. The van der Waals surface area contributed by atoms with E-state index < -0.39 is 0 Å². The number of benzene rings is 1. The first-order valence-corrected chi connectivity index (χ1v) is 7.06. The van der Waals surface area contributed by atoms with E-state index in [9.17, 15) is 4.79 Å². The third kappa shape index (κ3) is 3.21. The molecule has 2 N–H and O–H groups in total. The number of likely N-dealkylation sites (N-methyl/N-ethyl adjacent to an activating group) is 2. The highest BCUT2D eigenvalue weighted by molar-refractivity contribution is 5.93. The van der Waals surface area contributed by atoms with E-state index in [1.165, 1.54) is 6.33 Å². The van der Waals surface area contributed by atoms with Crippen molar-refractivity contribution in [2.75, 3.05) is 37.3 Å². The molecule has 1 amide bonds. The largest absolute Gasteiger partial charge is 0.399 e. The Labute approximate surface area is 124 Å². The maximum Gasteiger partial charge on any atom is 0.242 e. The smallest absolute Gasteiger partial charge is 0.242 e. The Morgan fingerprint density at radius 1 is 1.24 bits per heavy atom. The van der Waals surface area contributed by atoms with Crippen molar-refractivity contribution in [1.82, 2.24) is 14.9 Å². The molecule has 112 valence electrons. The van der Waals surface area contributed by atoms with Crippen molar-refractivity contribution in [2.45, 2.75) is 13.8 Å². The molecule has 0 atom stereocenters. The molecule has 6 heteroatoms. The summed E-state index contributed by atoms with van der Waals surface area (Å²) in [4.78, 5) is 24.4. The number of rotatable bonds is 5. The van der Waals surface area contributed by atoms with Gasteiger partial charge < -0.3 is 15.5 Å². The molecule has 1 aromatic heterocycles. The van der Waals surface area contributed by atoms with Gasteiger partial charge in [-0.25, -0.2) is 9.97 Å². The highest BCUT2D eigenvalue weighted by Gasteiger charge is 2.15. The number of nitrogens with two attached hydrogens (primary N) is 1.